The quantitative estimate of drug-likeness (QED) is 0.880. The number of rotatable bonds is 4. The zero-order valence-electron chi connectivity index (χ0n) is 16.4. The molecule has 3 rings (SSSR count). The molecule has 0 spiro atoms. The lowest BCUT2D eigenvalue weighted by molar-refractivity contribution is -0.121. The molecule has 28 heavy (non-hydrogen) atoms. The minimum Gasteiger partial charge on any atom is -0.375 e. The second-order valence-electron chi connectivity index (χ2n) is 7.34. The molecule has 1 aromatic heterocycles. The highest BCUT2D eigenvalue weighted by Crippen LogP contribution is 2.23. The number of benzene rings is 1. The molecule has 1 aliphatic heterocycles. The average molecular weight is 384 g/mol. The SMILES string of the molecule is Cc1ccc(NC(=O)C2CCN(C(=O)c3ccc(N(C)C)c(F)c3)CC2)nc1. The first-order valence-corrected chi connectivity index (χ1v) is 9.35. The summed E-state index contributed by atoms with van der Waals surface area (Å²) in [6.45, 7) is 2.87. The molecule has 0 atom stereocenters. The second-order valence-corrected chi connectivity index (χ2v) is 7.34. The van der Waals surface area contributed by atoms with E-state index in [-0.39, 0.29) is 17.7 Å². The van der Waals surface area contributed by atoms with Crippen molar-refractivity contribution in [3.63, 3.8) is 0 Å². The zero-order chi connectivity index (χ0) is 20.3. The molecule has 0 bridgehead atoms. The van der Waals surface area contributed by atoms with Gasteiger partial charge in [0.1, 0.15) is 11.6 Å². The predicted molar refractivity (Wildman–Crippen MR) is 107 cm³/mol. The monoisotopic (exact) mass is 384 g/mol. The number of carbonyl (C=O) groups excluding carboxylic acids is 2. The fourth-order valence-corrected chi connectivity index (χ4v) is 3.30. The molecule has 2 heterocycles. The molecule has 0 aliphatic carbocycles. The summed E-state index contributed by atoms with van der Waals surface area (Å²) < 4.78 is 14.2. The Bertz CT molecular complexity index is 859. The average Bonchev–Trinajstić information content (AvgIpc) is 2.69. The molecule has 2 aromatic rings. The minimum absolute atomic E-state index is 0.0789. The van der Waals surface area contributed by atoms with Crippen LogP contribution in [-0.4, -0.2) is 48.9 Å². The number of aromatic nitrogens is 1. The Morgan fingerprint density at radius 3 is 2.46 bits per heavy atom. The molecule has 2 amide bonds. The topological polar surface area (TPSA) is 65.5 Å². The highest BCUT2D eigenvalue weighted by atomic mass is 19.1. The maximum absolute atomic E-state index is 14.2. The minimum atomic E-state index is -0.421. The van der Waals surface area contributed by atoms with Gasteiger partial charge in [0.05, 0.1) is 5.69 Å². The summed E-state index contributed by atoms with van der Waals surface area (Å²) in [6.07, 6.45) is 2.85. The number of hydrogen-bond donors (Lipinski definition) is 1. The largest absolute Gasteiger partial charge is 0.375 e. The van der Waals surface area contributed by atoms with Gasteiger partial charge in [-0.25, -0.2) is 9.37 Å². The van der Waals surface area contributed by atoms with Crippen LogP contribution in [0.5, 0.6) is 0 Å². The number of hydrogen-bond acceptors (Lipinski definition) is 4. The first kappa shape index (κ1) is 19.8. The predicted octanol–water partition coefficient (Wildman–Crippen LogP) is 3.09. The van der Waals surface area contributed by atoms with E-state index < -0.39 is 5.82 Å². The van der Waals surface area contributed by atoms with Gasteiger partial charge in [0.15, 0.2) is 0 Å². The van der Waals surface area contributed by atoms with E-state index in [0.29, 0.717) is 43.0 Å². The molecule has 148 valence electrons. The van der Waals surface area contributed by atoms with E-state index in [2.05, 4.69) is 10.3 Å². The normalized spacial score (nSPS) is 14.6. The van der Waals surface area contributed by atoms with Crippen molar-refractivity contribution in [2.75, 3.05) is 37.4 Å². The molecule has 0 unspecified atom stereocenters. The Hall–Kier alpha value is -2.96. The van der Waals surface area contributed by atoms with Crippen LogP contribution in [0.3, 0.4) is 0 Å². The van der Waals surface area contributed by atoms with E-state index >= 15 is 0 Å². The number of anilines is 2. The van der Waals surface area contributed by atoms with Gasteiger partial charge < -0.3 is 15.1 Å². The lowest BCUT2D eigenvalue weighted by Crippen LogP contribution is -2.41. The van der Waals surface area contributed by atoms with Crippen LogP contribution in [0.2, 0.25) is 0 Å². The van der Waals surface area contributed by atoms with Gasteiger partial charge >= 0.3 is 0 Å². The fraction of sp³-hybridized carbons (Fsp3) is 0.381. The van der Waals surface area contributed by atoms with Crippen molar-refractivity contribution in [2.45, 2.75) is 19.8 Å². The first-order valence-electron chi connectivity index (χ1n) is 9.35. The van der Waals surface area contributed by atoms with Gasteiger partial charge in [0.2, 0.25) is 5.91 Å². The molecular weight excluding hydrogens is 359 g/mol. The number of piperidine rings is 1. The number of likely N-dealkylation sites (tertiary alicyclic amines) is 1. The number of nitrogens with zero attached hydrogens (tertiary/aromatic N) is 3. The van der Waals surface area contributed by atoms with Crippen LogP contribution >= 0.6 is 0 Å². The lowest BCUT2D eigenvalue weighted by Gasteiger charge is -2.31. The summed E-state index contributed by atoms with van der Waals surface area (Å²) in [6, 6.07) is 8.20. The standard InChI is InChI=1S/C21H25FN4O2/c1-14-4-7-19(23-13-14)24-20(27)15-8-10-26(11-9-15)21(28)16-5-6-18(25(2)3)17(22)12-16/h4-7,12-13,15H,8-11H2,1-3H3,(H,23,24,27). The Labute approximate surface area is 164 Å². The summed E-state index contributed by atoms with van der Waals surface area (Å²) >= 11 is 0. The maximum Gasteiger partial charge on any atom is 0.253 e. The van der Waals surface area contributed by atoms with Crippen LogP contribution in [0.25, 0.3) is 0 Å². The van der Waals surface area contributed by atoms with Gasteiger partial charge in [0.25, 0.3) is 5.91 Å². The van der Waals surface area contributed by atoms with Crippen LogP contribution in [0, 0.1) is 18.7 Å². The highest BCUT2D eigenvalue weighted by molar-refractivity contribution is 5.95. The highest BCUT2D eigenvalue weighted by Gasteiger charge is 2.28. The van der Waals surface area contributed by atoms with Crippen molar-refractivity contribution in [2.24, 2.45) is 5.92 Å². The fourth-order valence-electron chi connectivity index (χ4n) is 3.30. The number of halogens is 1. The molecule has 1 fully saturated rings. The molecule has 1 saturated heterocycles. The Balaban J connectivity index is 1.57. The zero-order valence-corrected chi connectivity index (χ0v) is 16.4. The van der Waals surface area contributed by atoms with Crippen molar-refractivity contribution in [3.8, 4) is 0 Å². The third-order valence-corrected chi connectivity index (χ3v) is 4.99. The second kappa shape index (κ2) is 8.37. The molecule has 0 saturated carbocycles. The van der Waals surface area contributed by atoms with Gasteiger partial charge in [-0.15, -0.1) is 0 Å². The van der Waals surface area contributed by atoms with Crippen molar-refractivity contribution < 1.29 is 14.0 Å². The molecule has 0 radical (unpaired) electrons. The molecule has 1 aliphatic rings. The third-order valence-electron chi connectivity index (χ3n) is 4.99. The van der Waals surface area contributed by atoms with E-state index in [1.54, 1.807) is 48.3 Å². The van der Waals surface area contributed by atoms with Gasteiger partial charge in [0, 0.05) is 44.9 Å². The van der Waals surface area contributed by atoms with E-state index in [0.717, 1.165) is 5.56 Å². The van der Waals surface area contributed by atoms with Crippen LogP contribution < -0.4 is 10.2 Å². The van der Waals surface area contributed by atoms with E-state index in [1.165, 1.54) is 6.07 Å². The lowest BCUT2D eigenvalue weighted by atomic mass is 9.95. The van der Waals surface area contributed by atoms with E-state index in [9.17, 15) is 14.0 Å². The maximum atomic E-state index is 14.2. The summed E-state index contributed by atoms with van der Waals surface area (Å²) in [7, 11) is 3.50. The van der Waals surface area contributed by atoms with Gasteiger partial charge in [-0.2, -0.15) is 0 Å². The number of aryl methyl sites for hydroxylation is 1. The van der Waals surface area contributed by atoms with Gasteiger partial charge in [-0.05, 0) is 49.6 Å². The van der Waals surface area contributed by atoms with Crippen LogP contribution in [0.15, 0.2) is 36.5 Å². The van der Waals surface area contributed by atoms with Crippen molar-refractivity contribution >= 4 is 23.3 Å². The van der Waals surface area contributed by atoms with E-state index in [1.807, 2.05) is 13.0 Å². The first-order chi connectivity index (χ1) is 13.3. The van der Waals surface area contributed by atoms with Crippen molar-refractivity contribution in [3.05, 3.63) is 53.5 Å². The molecule has 6 nitrogen and oxygen atoms in total. The number of carbonyl (C=O) groups is 2. The summed E-state index contributed by atoms with van der Waals surface area (Å²) in [5.41, 5.74) is 1.80. The summed E-state index contributed by atoms with van der Waals surface area (Å²) in [5.74, 6) is -0.339. The number of nitrogens with one attached hydrogen (secondary N) is 1. The molecule has 1 aromatic carbocycles. The molecular formula is C21H25FN4O2. The smallest absolute Gasteiger partial charge is 0.253 e. The van der Waals surface area contributed by atoms with Crippen LogP contribution in [0.4, 0.5) is 15.9 Å². The Morgan fingerprint density at radius 2 is 1.89 bits per heavy atom. The molecule has 1 N–H and O–H groups in total. The van der Waals surface area contributed by atoms with E-state index in [4.69, 9.17) is 0 Å². The molecule has 7 heteroatoms. The Kier molecular flexibility index (Phi) is 5.92. The Morgan fingerprint density at radius 1 is 1.18 bits per heavy atom. The van der Waals surface area contributed by atoms with Crippen LogP contribution in [0.1, 0.15) is 28.8 Å². The number of pyridine rings is 1. The van der Waals surface area contributed by atoms with Crippen molar-refractivity contribution in [1.29, 1.82) is 0 Å². The third kappa shape index (κ3) is 4.47. The number of amides is 2. The van der Waals surface area contributed by atoms with Gasteiger partial charge in [-0.3, -0.25) is 9.59 Å². The van der Waals surface area contributed by atoms with Gasteiger partial charge in [-0.1, -0.05) is 6.07 Å². The van der Waals surface area contributed by atoms with Crippen LogP contribution in [-0.2, 0) is 4.79 Å². The summed E-state index contributed by atoms with van der Waals surface area (Å²) in [5, 5.41) is 2.83. The van der Waals surface area contributed by atoms with Crippen molar-refractivity contribution in [1.82, 2.24) is 9.88 Å². The summed E-state index contributed by atoms with van der Waals surface area (Å²) in [4.78, 5) is 32.6.